The predicted octanol–water partition coefficient (Wildman–Crippen LogP) is 0.411. The van der Waals surface area contributed by atoms with Gasteiger partial charge in [-0.05, 0) is 19.9 Å². The number of carbonyl (C=O) groups excluding carboxylic acids is 1. The molecule has 6 nitrogen and oxygen atoms in total. The van der Waals surface area contributed by atoms with Crippen molar-refractivity contribution in [2.24, 2.45) is 0 Å². The van der Waals surface area contributed by atoms with Gasteiger partial charge in [0.1, 0.15) is 6.61 Å². The van der Waals surface area contributed by atoms with Gasteiger partial charge in [-0.1, -0.05) is 0 Å². The molecular formula is C13H22N4O2. The van der Waals surface area contributed by atoms with E-state index < -0.39 is 0 Å². The Hall–Kier alpha value is -1.40. The highest BCUT2D eigenvalue weighted by Crippen LogP contribution is 2.21. The number of nitrogens with one attached hydrogen (secondary N) is 1. The molecule has 1 aromatic heterocycles. The van der Waals surface area contributed by atoms with Crippen molar-refractivity contribution in [3.63, 3.8) is 0 Å². The molecule has 1 aromatic rings. The Labute approximate surface area is 113 Å². The van der Waals surface area contributed by atoms with E-state index in [4.69, 9.17) is 4.74 Å². The van der Waals surface area contributed by atoms with Crippen LogP contribution in [0, 0.1) is 0 Å². The SMILES string of the molecule is COCC(=O)NC[C@H]1CN(C(C)C)Cc2ccnn21. The minimum Gasteiger partial charge on any atom is -0.375 e. The van der Waals surface area contributed by atoms with Crippen LogP contribution in [0.25, 0.3) is 0 Å². The summed E-state index contributed by atoms with van der Waals surface area (Å²) in [4.78, 5) is 13.9. The lowest BCUT2D eigenvalue weighted by Crippen LogP contribution is -2.45. The number of rotatable bonds is 5. The monoisotopic (exact) mass is 266 g/mol. The summed E-state index contributed by atoms with van der Waals surface area (Å²) in [7, 11) is 1.52. The second-order valence-electron chi connectivity index (χ2n) is 5.18. The van der Waals surface area contributed by atoms with Gasteiger partial charge in [-0.3, -0.25) is 14.4 Å². The number of nitrogens with zero attached hydrogens (tertiary/aromatic N) is 3. The zero-order valence-electron chi connectivity index (χ0n) is 11.8. The third-order valence-corrected chi connectivity index (χ3v) is 3.45. The average Bonchev–Trinajstić information content (AvgIpc) is 2.84. The Morgan fingerprint density at radius 1 is 1.63 bits per heavy atom. The van der Waals surface area contributed by atoms with Crippen LogP contribution in [-0.4, -0.2) is 53.4 Å². The quantitative estimate of drug-likeness (QED) is 0.838. The summed E-state index contributed by atoms with van der Waals surface area (Å²) in [5.41, 5.74) is 1.20. The fourth-order valence-electron chi connectivity index (χ4n) is 2.37. The Morgan fingerprint density at radius 2 is 2.42 bits per heavy atom. The molecule has 19 heavy (non-hydrogen) atoms. The van der Waals surface area contributed by atoms with Crippen LogP contribution >= 0.6 is 0 Å². The van der Waals surface area contributed by atoms with Crippen LogP contribution in [0.4, 0.5) is 0 Å². The number of hydrogen-bond acceptors (Lipinski definition) is 4. The standard InChI is InChI=1S/C13H22N4O2/c1-10(2)16-7-11-4-5-15-17(11)12(8-16)6-14-13(18)9-19-3/h4-5,10,12H,6-9H2,1-3H3,(H,14,18)/t12-/m0/s1. The first kappa shape index (κ1) is 14.0. The maximum absolute atomic E-state index is 11.5. The molecule has 0 bridgehead atoms. The maximum atomic E-state index is 11.5. The summed E-state index contributed by atoms with van der Waals surface area (Å²) in [6.07, 6.45) is 1.82. The van der Waals surface area contributed by atoms with Crippen LogP contribution < -0.4 is 5.32 Å². The Kier molecular flexibility index (Phi) is 4.55. The first-order valence-electron chi connectivity index (χ1n) is 6.64. The van der Waals surface area contributed by atoms with Crippen LogP contribution in [0.3, 0.4) is 0 Å². The van der Waals surface area contributed by atoms with E-state index in [-0.39, 0.29) is 18.6 Å². The van der Waals surface area contributed by atoms with Gasteiger partial charge >= 0.3 is 0 Å². The summed E-state index contributed by atoms with van der Waals surface area (Å²) in [5.74, 6) is -0.0853. The predicted molar refractivity (Wildman–Crippen MR) is 71.7 cm³/mol. The number of methoxy groups -OCH3 is 1. The number of hydrogen-bond donors (Lipinski definition) is 1. The Bertz CT molecular complexity index is 430. The Morgan fingerprint density at radius 3 is 3.11 bits per heavy atom. The van der Waals surface area contributed by atoms with Gasteiger partial charge < -0.3 is 10.1 Å². The Balaban J connectivity index is 2.01. The lowest BCUT2D eigenvalue weighted by Gasteiger charge is -2.36. The van der Waals surface area contributed by atoms with Crippen LogP contribution in [0.5, 0.6) is 0 Å². The molecule has 0 fully saturated rings. The first-order valence-corrected chi connectivity index (χ1v) is 6.64. The lowest BCUT2D eigenvalue weighted by molar-refractivity contribution is -0.124. The van der Waals surface area contributed by atoms with Crippen molar-refractivity contribution in [1.29, 1.82) is 0 Å². The molecule has 0 spiro atoms. The summed E-state index contributed by atoms with van der Waals surface area (Å²) >= 11 is 0. The second-order valence-corrected chi connectivity index (χ2v) is 5.18. The molecule has 0 saturated heterocycles. The van der Waals surface area contributed by atoms with Gasteiger partial charge in [0, 0.05) is 39.0 Å². The van der Waals surface area contributed by atoms with E-state index in [1.807, 2.05) is 16.9 Å². The van der Waals surface area contributed by atoms with Gasteiger partial charge in [0.05, 0.1) is 11.7 Å². The molecule has 6 heteroatoms. The molecule has 1 aliphatic rings. The largest absolute Gasteiger partial charge is 0.375 e. The number of amides is 1. The minimum atomic E-state index is -0.0853. The van der Waals surface area contributed by atoms with Crippen molar-refractivity contribution in [3.05, 3.63) is 18.0 Å². The molecular weight excluding hydrogens is 244 g/mol. The van der Waals surface area contributed by atoms with Crippen molar-refractivity contribution in [2.75, 3.05) is 26.8 Å². The third kappa shape index (κ3) is 3.33. The van der Waals surface area contributed by atoms with Crippen LogP contribution in [0.1, 0.15) is 25.6 Å². The zero-order valence-corrected chi connectivity index (χ0v) is 11.8. The third-order valence-electron chi connectivity index (χ3n) is 3.45. The summed E-state index contributed by atoms with van der Waals surface area (Å²) in [6, 6.07) is 2.71. The molecule has 0 saturated carbocycles. The molecule has 2 rings (SSSR count). The molecule has 0 aliphatic carbocycles. The van der Waals surface area contributed by atoms with Crippen molar-refractivity contribution in [1.82, 2.24) is 20.0 Å². The average molecular weight is 266 g/mol. The summed E-state index contributed by atoms with van der Waals surface area (Å²) in [6.45, 7) is 6.88. The van der Waals surface area contributed by atoms with Crippen molar-refractivity contribution in [2.45, 2.75) is 32.5 Å². The van der Waals surface area contributed by atoms with Gasteiger partial charge in [0.2, 0.25) is 5.91 Å². The second kappa shape index (κ2) is 6.16. The van der Waals surface area contributed by atoms with Gasteiger partial charge in [-0.25, -0.2) is 0 Å². The smallest absolute Gasteiger partial charge is 0.246 e. The van der Waals surface area contributed by atoms with Gasteiger partial charge in [-0.2, -0.15) is 5.10 Å². The molecule has 0 unspecified atom stereocenters. The summed E-state index contributed by atoms with van der Waals surface area (Å²) < 4.78 is 6.83. The molecule has 106 valence electrons. The van der Waals surface area contributed by atoms with Crippen LogP contribution in [0.2, 0.25) is 0 Å². The van der Waals surface area contributed by atoms with Gasteiger partial charge in [0.25, 0.3) is 0 Å². The van der Waals surface area contributed by atoms with Gasteiger partial charge in [0.15, 0.2) is 0 Å². The minimum absolute atomic E-state index is 0.0853. The zero-order chi connectivity index (χ0) is 13.8. The van der Waals surface area contributed by atoms with Crippen molar-refractivity contribution in [3.8, 4) is 0 Å². The molecule has 1 aliphatic heterocycles. The van der Waals surface area contributed by atoms with Crippen molar-refractivity contribution < 1.29 is 9.53 Å². The fraction of sp³-hybridized carbons (Fsp3) is 0.692. The van der Waals surface area contributed by atoms with Gasteiger partial charge in [-0.15, -0.1) is 0 Å². The highest BCUT2D eigenvalue weighted by molar-refractivity contribution is 5.77. The molecule has 0 aromatic carbocycles. The number of aromatic nitrogens is 2. The number of ether oxygens (including phenoxy) is 1. The summed E-state index contributed by atoms with van der Waals surface area (Å²) in [5, 5.41) is 7.26. The van der Waals surface area contributed by atoms with E-state index in [1.165, 1.54) is 12.8 Å². The van der Waals surface area contributed by atoms with Crippen molar-refractivity contribution >= 4 is 5.91 Å². The highest BCUT2D eigenvalue weighted by Gasteiger charge is 2.26. The number of carbonyl (C=O) groups is 1. The molecule has 0 radical (unpaired) electrons. The van der Waals surface area contributed by atoms with E-state index in [0.717, 1.165) is 13.1 Å². The topological polar surface area (TPSA) is 59.4 Å². The van der Waals surface area contributed by atoms with Crippen LogP contribution in [-0.2, 0) is 16.1 Å². The van der Waals surface area contributed by atoms with E-state index >= 15 is 0 Å². The van der Waals surface area contributed by atoms with E-state index in [2.05, 4.69) is 29.2 Å². The molecule has 1 amide bonds. The fourth-order valence-corrected chi connectivity index (χ4v) is 2.37. The van der Waals surface area contributed by atoms with E-state index in [1.54, 1.807) is 0 Å². The van der Waals surface area contributed by atoms with Crippen LogP contribution in [0.15, 0.2) is 12.3 Å². The lowest BCUT2D eigenvalue weighted by atomic mass is 10.1. The normalized spacial score (nSPS) is 19.5. The number of fused-ring (bicyclic) bond motifs is 1. The first-order chi connectivity index (χ1) is 9.11. The molecule has 2 heterocycles. The highest BCUT2D eigenvalue weighted by atomic mass is 16.5. The maximum Gasteiger partial charge on any atom is 0.246 e. The molecule has 1 N–H and O–H groups in total. The van der Waals surface area contributed by atoms with E-state index in [0.29, 0.717) is 12.6 Å². The molecule has 1 atom stereocenters. The van der Waals surface area contributed by atoms with E-state index in [9.17, 15) is 4.79 Å².